The van der Waals surface area contributed by atoms with E-state index < -0.39 is 11.9 Å². The van der Waals surface area contributed by atoms with Crippen molar-refractivity contribution in [3.8, 4) is 11.5 Å². The summed E-state index contributed by atoms with van der Waals surface area (Å²) in [4.78, 5) is 24.5. The summed E-state index contributed by atoms with van der Waals surface area (Å²) in [6, 6.07) is 1.59. The van der Waals surface area contributed by atoms with Gasteiger partial charge in [-0.15, -0.1) is 0 Å². The van der Waals surface area contributed by atoms with Crippen molar-refractivity contribution in [2.45, 2.75) is 65.2 Å². The molecule has 170 valence electrons. The molecule has 3 N–H and O–H groups in total. The van der Waals surface area contributed by atoms with Gasteiger partial charge < -0.3 is 20.3 Å². The highest BCUT2D eigenvalue weighted by molar-refractivity contribution is 6.00. The molecular weight excluding hydrogens is 394 g/mol. The summed E-state index contributed by atoms with van der Waals surface area (Å²) in [6.45, 7) is 9.86. The van der Waals surface area contributed by atoms with Crippen LogP contribution in [0.1, 0.15) is 80.3 Å². The Kier molecular flexibility index (Phi) is 8.72. The van der Waals surface area contributed by atoms with E-state index in [2.05, 4.69) is 23.6 Å². The highest BCUT2D eigenvalue weighted by atomic mass is 16.5. The SMILES string of the molecule is C=C(C)C1CCC(C)=CC1c1c(O)cc(CCCCC)c(C(=O)NCC(=O)OC)c1O. The van der Waals surface area contributed by atoms with Gasteiger partial charge in [-0.05, 0) is 57.1 Å². The van der Waals surface area contributed by atoms with Crippen molar-refractivity contribution in [1.29, 1.82) is 0 Å². The molecule has 1 amide bonds. The standard InChI is InChI=1S/C25H35NO5/c1-6-7-8-9-17-13-20(27)23(19-12-16(4)10-11-18(19)15(2)3)24(29)22(17)25(30)26-14-21(28)31-5/h12-13,18-19,27,29H,2,6-11,14H2,1,3-5H3,(H,26,30). The smallest absolute Gasteiger partial charge is 0.325 e. The number of carbonyl (C=O) groups is 2. The van der Waals surface area contributed by atoms with Crippen molar-refractivity contribution in [1.82, 2.24) is 5.32 Å². The lowest BCUT2D eigenvalue weighted by molar-refractivity contribution is -0.139. The first kappa shape index (κ1) is 24.5. The summed E-state index contributed by atoms with van der Waals surface area (Å²) in [5.41, 5.74) is 3.17. The zero-order chi connectivity index (χ0) is 23.1. The Morgan fingerprint density at radius 3 is 2.61 bits per heavy atom. The maximum atomic E-state index is 13.0. The number of phenols is 2. The molecule has 0 fully saturated rings. The van der Waals surface area contributed by atoms with Crippen molar-refractivity contribution in [3.63, 3.8) is 0 Å². The van der Waals surface area contributed by atoms with Crippen molar-refractivity contribution in [2.75, 3.05) is 13.7 Å². The van der Waals surface area contributed by atoms with Crippen LogP contribution < -0.4 is 5.32 Å². The van der Waals surface area contributed by atoms with Crippen LogP contribution in [0.4, 0.5) is 0 Å². The van der Waals surface area contributed by atoms with Crippen molar-refractivity contribution < 1.29 is 24.5 Å². The number of amides is 1. The minimum Gasteiger partial charge on any atom is -0.507 e. The van der Waals surface area contributed by atoms with E-state index in [1.807, 2.05) is 19.9 Å². The van der Waals surface area contributed by atoms with E-state index in [-0.39, 0.29) is 35.4 Å². The topological polar surface area (TPSA) is 95.9 Å². The summed E-state index contributed by atoms with van der Waals surface area (Å²) in [5, 5.41) is 24.7. The minimum atomic E-state index is -0.576. The molecule has 0 saturated carbocycles. The van der Waals surface area contributed by atoms with Crippen LogP contribution in [0, 0.1) is 5.92 Å². The van der Waals surface area contributed by atoms with Gasteiger partial charge in [-0.1, -0.05) is 43.6 Å². The molecule has 0 aliphatic heterocycles. The van der Waals surface area contributed by atoms with Crippen LogP contribution in [0.5, 0.6) is 11.5 Å². The number of esters is 1. The van der Waals surface area contributed by atoms with E-state index in [1.54, 1.807) is 6.07 Å². The lowest BCUT2D eigenvalue weighted by Crippen LogP contribution is -2.31. The number of nitrogens with one attached hydrogen (secondary N) is 1. The zero-order valence-corrected chi connectivity index (χ0v) is 19.1. The molecule has 0 aromatic heterocycles. The number of rotatable bonds is 9. The van der Waals surface area contributed by atoms with Gasteiger partial charge in [-0.2, -0.15) is 0 Å². The summed E-state index contributed by atoms with van der Waals surface area (Å²) >= 11 is 0. The quantitative estimate of drug-likeness (QED) is 0.299. The van der Waals surface area contributed by atoms with Gasteiger partial charge in [0.25, 0.3) is 5.91 Å². The van der Waals surface area contributed by atoms with Gasteiger partial charge in [-0.3, -0.25) is 9.59 Å². The number of phenolic OH excluding ortho intramolecular Hbond substituents is 2. The van der Waals surface area contributed by atoms with E-state index in [9.17, 15) is 19.8 Å². The molecule has 0 heterocycles. The molecule has 0 radical (unpaired) electrons. The Balaban J connectivity index is 2.57. The first-order chi connectivity index (χ1) is 14.7. The second kappa shape index (κ2) is 11.0. The Morgan fingerprint density at radius 1 is 1.29 bits per heavy atom. The van der Waals surface area contributed by atoms with Gasteiger partial charge in [0.1, 0.15) is 18.0 Å². The zero-order valence-electron chi connectivity index (χ0n) is 19.1. The van der Waals surface area contributed by atoms with E-state index in [4.69, 9.17) is 0 Å². The van der Waals surface area contributed by atoms with Crippen LogP contribution in [0.15, 0.2) is 29.9 Å². The first-order valence-corrected chi connectivity index (χ1v) is 11.0. The average Bonchev–Trinajstić information content (AvgIpc) is 2.71. The normalized spacial score (nSPS) is 18.3. The van der Waals surface area contributed by atoms with Crippen molar-refractivity contribution in [3.05, 3.63) is 46.6 Å². The number of hydrogen-bond acceptors (Lipinski definition) is 5. The number of aromatic hydroxyl groups is 2. The van der Waals surface area contributed by atoms with E-state index in [0.717, 1.165) is 37.7 Å². The number of methoxy groups -OCH3 is 1. The van der Waals surface area contributed by atoms with E-state index >= 15 is 0 Å². The molecule has 2 unspecified atom stereocenters. The maximum Gasteiger partial charge on any atom is 0.325 e. The third-order valence-electron chi connectivity index (χ3n) is 6.01. The Bertz CT molecular complexity index is 871. The van der Waals surface area contributed by atoms with Crippen molar-refractivity contribution >= 4 is 11.9 Å². The lowest BCUT2D eigenvalue weighted by atomic mass is 9.73. The number of hydrogen-bond donors (Lipinski definition) is 3. The molecule has 2 atom stereocenters. The van der Waals surface area contributed by atoms with Crippen LogP contribution in [0.2, 0.25) is 0 Å². The molecule has 31 heavy (non-hydrogen) atoms. The van der Waals surface area contributed by atoms with Gasteiger partial charge in [-0.25, -0.2) is 0 Å². The maximum absolute atomic E-state index is 13.0. The molecule has 1 aliphatic carbocycles. The molecule has 1 aliphatic rings. The molecule has 0 bridgehead atoms. The number of ether oxygens (including phenoxy) is 1. The van der Waals surface area contributed by atoms with Gasteiger partial charge in [0.05, 0.1) is 12.7 Å². The van der Waals surface area contributed by atoms with Crippen LogP contribution in [0.3, 0.4) is 0 Å². The highest BCUT2D eigenvalue weighted by Crippen LogP contribution is 2.48. The second-order valence-electron chi connectivity index (χ2n) is 8.44. The third-order valence-corrected chi connectivity index (χ3v) is 6.01. The Hall–Kier alpha value is -2.76. The van der Waals surface area contributed by atoms with Gasteiger partial charge in [0, 0.05) is 11.5 Å². The fraction of sp³-hybridized carbons (Fsp3) is 0.520. The molecular formula is C25H35NO5. The van der Waals surface area contributed by atoms with Crippen LogP contribution >= 0.6 is 0 Å². The van der Waals surface area contributed by atoms with Gasteiger partial charge >= 0.3 is 5.97 Å². The van der Waals surface area contributed by atoms with Crippen molar-refractivity contribution in [2.24, 2.45) is 5.92 Å². The summed E-state index contributed by atoms with van der Waals surface area (Å²) in [7, 11) is 1.25. The molecule has 0 saturated heterocycles. The predicted molar refractivity (Wildman–Crippen MR) is 121 cm³/mol. The molecule has 6 heteroatoms. The molecule has 0 spiro atoms. The van der Waals surface area contributed by atoms with Crippen LogP contribution in [-0.4, -0.2) is 35.7 Å². The molecule has 1 aromatic carbocycles. The number of carbonyl (C=O) groups excluding carboxylic acids is 2. The number of unbranched alkanes of at least 4 members (excludes halogenated alkanes) is 2. The van der Waals surface area contributed by atoms with E-state index in [0.29, 0.717) is 17.5 Å². The number of allylic oxidation sites excluding steroid dienone is 3. The largest absolute Gasteiger partial charge is 0.507 e. The summed E-state index contributed by atoms with van der Waals surface area (Å²) in [5.74, 6) is -1.60. The summed E-state index contributed by atoms with van der Waals surface area (Å²) < 4.78 is 4.59. The molecule has 1 aromatic rings. The number of benzene rings is 1. The molecule has 6 nitrogen and oxygen atoms in total. The van der Waals surface area contributed by atoms with Gasteiger partial charge in [0.2, 0.25) is 0 Å². The van der Waals surface area contributed by atoms with Crippen LogP contribution in [-0.2, 0) is 16.0 Å². The predicted octanol–water partition coefficient (Wildman–Crippen LogP) is 4.75. The first-order valence-electron chi connectivity index (χ1n) is 11.0. The number of aryl methyl sites for hydroxylation is 1. The fourth-order valence-corrected chi connectivity index (χ4v) is 4.29. The lowest BCUT2D eigenvalue weighted by Gasteiger charge is -2.32. The molecule has 2 rings (SSSR count). The summed E-state index contributed by atoms with van der Waals surface area (Å²) in [6.07, 6.45) is 7.18. The van der Waals surface area contributed by atoms with Crippen LogP contribution in [0.25, 0.3) is 0 Å². The third kappa shape index (κ3) is 5.90. The Labute approximate surface area is 185 Å². The monoisotopic (exact) mass is 429 g/mol. The Morgan fingerprint density at radius 2 is 2.00 bits per heavy atom. The van der Waals surface area contributed by atoms with Gasteiger partial charge in [0.15, 0.2) is 0 Å². The fourth-order valence-electron chi connectivity index (χ4n) is 4.29. The van der Waals surface area contributed by atoms with E-state index in [1.165, 1.54) is 12.7 Å². The highest BCUT2D eigenvalue weighted by Gasteiger charge is 2.33. The second-order valence-corrected chi connectivity index (χ2v) is 8.44. The average molecular weight is 430 g/mol. The minimum absolute atomic E-state index is 0.0179.